The van der Waals surface area contributed by atoms with Crippen molar-refractivity contribution in [3.63, 3.8) is 0 Å². The molecule has 1 atom stereocenters. The summed E-state index contributed by atoms with van der Waals surface area (Å²) >= 11 is 0. The van der Waals surface area contributed by atoms with Crippen molar-refractivity contribution >= 4 is 5.91 Å². The summed E-state index contributed by atoms with van der Waals surface area (Å²) in [5, 5.41) is 13.0. The Morgan fingerprint density at radius 1 is 1.42 bits per heavy atom. The normalized spacial score (nSPS) is 13.1. The summed E-state index contributed by atoms with van der Waals surface area (Å²) in [6.45, 7) is 6.57. The van der Waals surface area contributed by atoms with Crippen LogP contribution in [0.4, 0.5) is 0 Å². The van der Waals surface area contributed by atoms with Crippen molar-refractivity contribution < 1.29 is 14.6 Å². The Morgan fingerprint density at radius 2 is 2.05 bits per heavy atom. The lowest BCUT2D eigenvalue weighted by atomic mass is 10.1. The predicted molar refractivity (Wildman–Crippen MR) is 74.2 cm³/mol. The van der Waals surface area contributed by atoms with E-state index in [1.807, 2.05) is 20.8 Å². The summed E-state index contributed by atoms with van der Waals surface area (Å²) in [7, 11) is 0. The van der Waals surface area contributed by atoms with Crippen molar-refractivity contribution in [3.8, 4) is 5.75 Å². The van der Waals surface area contributed by atoms with Gasteiger partial charge in [-0.25, -0.2) is 0 Å². The molecule has 4 N–H and O–H groups in total. The number of primary amides is 1. The van der Waals surface area contributed by atoms with Gasteiger partial charge in [0.2, 0.25) is 0 Å². The molecule has 106 valence electrons. The second-order valence-electron chi connectivity index (χ2n) is 5.46. The van der Waals surface area contributed by atoms with Crippen molar-refractivity contribution in [1.29, 1.82) is 0 Å². The largest absolute Gasteiger partial charge is 0.490 e. The van der Waals surface area contributed by atoms with Crippen molar-refractivity contribution in [2.45, 2.75) is 32.4 Å². The number of aliphatic hydroxyl groups excluding tert-OH is 1. The van der Waals surface area contributed by atoms with Gasteiger partial charge in [0.05, 0.1) is 5.56 Å². The molecule has 0 heterocycles. The van der Waals surface area contributed by atoms with Gasteiger partial charge in [-0.15, -0.1) is 0 Å². The smallest absolute Gasteiger partial charge is 0.252 e. The van der Waals surface area contributed by atoms with E-state index in [1.54, 1.807) is 24.3 Å². The number of nitrogens with two attached hydrogens (primary N) is 1. The molecule has 0 saturated carbocycles. The van der Waals surface area contributed by atoms with E-state index in [1.165, 1.54) is 0 Å². The maximum absolute atomic E-state index is 11.2. The van der Waals surface area contributed by atoms with E-state index in [4.69, 9.17) is 10.5 Å². The zero-order chi connectivity index (χ0) is 14.5. The Labute approximate surface area is 113 Å². The molecular formula is C14H22N2O3. The van der Waals surface area contributed by atoms with Crippen LogP contribution in [0.5, 0.6) is 5.75 Å². The molecule has 5 heteroatoms. The number of nitrogens with one attached hydrogen (secondary N) is 1. The molecule has 1 aromatic rings. The number of amides is 1. The molecule has 0 radical (unpaired) electrons. The van der Waals surface area contributed by atoms with Gasteiger partial charge in [-0.3, -0.25) is 4.79 Å². The monoisotopic (exact) mass is 266 g/mol. The number of carbonyl (C=O) groups is 1. The van der Waals surface area contributed by atoms with Gasteiger partial charge in [0.15, 0.2) is 0 Å². The summed E-state index contributed by atoms with van der Waals surface area (Å²) in [6.07, 6.45) is -0.653. The highest BCUT2D eigenvalue weighted by Gasteiger charge is 2.14. The molecule has 5 nitrogen and oxygen atoms in total. The quantitative estimate of drug-likeness (QED) is 0.714. The molecule has 0 aromatic heterocycles. The number of carbonyl (C=O) groups excluding carboxylic acids is 1. The van der Waals surface area contributed by atoms with Gasteiger partial charge in [-0.2, -0.15) is 0 Å². The van der Waals surface area contributed by atoms with Crippen LogP contribution in [-0.4, -0.2) is 35.8 Å². The third-order valence-electron chi connectivity index (χ3n) is 2.45. The lowest BCUT2D eigenvalue weighted by Crippen LogP contribution is -2.42. The number of ether oxygens (including phenoxy) is 1. The van der Waals surface area contributed by atoms with E-state index in [2.05, 4.69) is 5.32 Å². The maximum atomic E-state index is 11.2. The van der Waals surface area contributed by atoms with Crippen LogP contribution in [0.3, 0.4) is 0 Å². The first-order valence-corrected chi connectivity index (χ1v) is 6.24. The molecule has 0 spiro atoms. The van der Waals surface area contributed by atoms with E-state index in [9.17, 15) is 9.90 Å². The van der Waals surface area contributed by atoms with E-state index < -0.39 is 12.0 Å². The van der Waals surface area contributed by atoms with Gasteiger partial charge in [-0.1, -0.05) is 12.1 Å². The van der Waals surface area contributed by atoms with Crippen molar-refractivity contribution in [2.24, 2.45) is 5.73 Å². The minimum atomic E-state index is -0.653. The van der Waals surface area contributed by atoms with Crippen LogP contribution >= 0.6 is 0 Å². The topological polar surface area (TPSA) is 84.6 Å². The highest BCUT2D eigenvalue weighted by molar-refractivity contribution is 5.95. The lowest BCUT2D eigenvalue weighted by molar-refractivity contribution is 0.0943. The van der Waals surface area contributed by atoms with E-state index in [0.29, 0.717) is 17.9 Å². The third kappa shape index (κ3) is 5.72. The number of benzene rings is 1. The maximum Gasteiger partial charge on any atom is 0.252 e. The van der Waals surface area contributed by atoms with Gasteiger partial charge < -0.3 is 20.9 Å². The Hall–Kier alpha value is -1.59. The van der Waals surface area contributed by atoms with Crippen LogP contribution in [0, 0.1) is 0 Å². The molecule has 0 aliphatic heterocycles. The fourth-order valence-electron chi connectivity index (χ4n) is 1.46. The molecule has 0 bridgehead atoms. The van der Waals surface area contributed by atoms with Crippen molar-refractivity contribution in [2.75, 3.05) is 13.2 Å². The second kappa shape index (κ2) is 6.54. The highest BCUT2D eigenvalue weighted by Crippen LogP contribution is 2.17. The molecule has 0 aliphatic carbocycles. The Kier molecular flexibility index (Phi) is 5.32. The van der Waals surface area contributed by atoms with Crippen molar-refractivity contribution in [1.82, 2.24) is 5.32 Å². The first kappa shape index (κ1) is 15.5. The van der Waals surface area contributed by atoms with Gasteiger partial charge >= 0.3 is 0 Å². The summed E-state index contributed by atoms with van der Waals surface area (Å²) in [5.74, 6) is -0.150. The van der Waals surface area contributed by atoms with Crippen LogP contribution in [0.2, 0.25) is 0 Å². The highest BCUT2D eigenvalue weighted by atomic mass is 16.5. The van der Waals surface area contributed by atoms with E-state index in [-0.39, 0.29) is 12.1 Å². The second-order valence-corrected chi connectivity index (χ2v) is 5.46. The molecule has 0 saturated heterocycles. The fourth-order valence-corrected chi connectivity index (χ4v) is 1.46. The predicted octanol–water partition coefficient (Wildman–Crippen LogP) is 0.913. The van der Waals surface area contributed by atoms with Gasteiger partial charge in [0.25, 0.3) is 5.91 Å². The number of aliphatic hydroxyl groups is 1. The molecule has 0 aliphatic rings. The summed E-state index contributed by atoms with van der Waals surface area (Å²) in [5.41, 5.74) is 5.50. The number of hydrogen-bond donors (Lipinski definition) is 3. The average Bonchev–Trinajstić information content (AvgIpc) is 2.33. The number of para-hydroxylation sites is 1. The molecular weight excluding hydrogens is 244 g/mol. The minimum absolute atomic E-state index is 0.0634. The zero-order valence-corrected chi connectivity index (χ0v) is 11.6. The summed E-state index contributed by atoms with van der Waals surface area (Å²) < 4.78 is 5.43. The first-order valence-electron chi connectivity index (χ1n) is 6.24. The van der Waals surface area contributed by atoms with Gasteiger partial charge in [0, 0.05) is 12.1 Å². The van der Waals surface area contributed by atoms with Crippen LogP contribution in [0.1, 0.15) is 31.1 Å². The summed E-state index contributed by atoms with van der Waals surface area (Å²) in [6, 6.07) is 6.72. The van der Waals surface area contributed by atoms with Crippen LogP contribution < -0.4 is 15.8 Å². The van der Waals surface area contributed by atoms with Crippen LogP contribution in [-0.2, 0) is 0 Å². The van der Waals surface area contributed by atoms with Gasteiger partial charge in [-0.05, 0) is 32.9 Å². The van der Waals surface area contributed by atoms with Crippen LogP contribution in [0.15, 0.2) is 24.3 Å². The Bertz CT molecular complexity index is 427. The van der Waals surface area contributed by atoms with E-state index >= 15 is 0 Å². The minimum Gasteiger partial charge on any atom is -0.490 e. The number of β-amino-alcohol motifs (C(OH)–C–C–N with tert-alkyl or cyclic N) is 1. The van der Waals surface area contributed by atoms with E-state index in [0.717, 1.165) is 0 Å². The Balaban J connectivity index is 2.51. The van der Waals surface area contributed by atoms with Gasteiger partial charge in [0.1, 0.15) is 18.5 Å². The zero-order valence-electron chi connectivity index (χ0n) is 11.6. The number of rotatable bonds is 6. The molecule has 1 amide bonds. The molecule has 1 unspecified atom stereocenters. The molecule has 0 fully saturated rings. The van der Waals surface area contributed by atoms with Crippen LogP contribution in [0.25, 0.3) is 0 Å². The fraction of sp³-hybridized carbons (Fsp3) is 0.500. The first-order chi connectivity index (χ1) is 8.79. The number of hydrogen-bond acceptors (Lipinski definition) is 4. The van der Waals surface area contributed by atoms with Crippen molar-refractivity contribution in [3.05, 3.63) is 29.8 Å². The third-order valence-corrected chi connectivity index (χ3v) is 2.45. The summed E-state index contributed by atoms with van der Waals surface area (Å²) in [4.78, 5) is 11.2. The standard InChI is InChI=1S/C14H22N2O3/c1-14(2,3)16-8-10(17)9-19-12-7-5-4-6-11(12)13(15)18/h4-7,10,16-17H,8-9H2,1-3H3,(H2,15,18). The SMILES string of the molecule is CC(C)(C)NCC(O)COc1ccccc1C(N)=O. The molecule has 1 aromatic carbocycles. The molecule has 19 heavy (non-hydrogen) atoms. The molecule has 1 rings (SSSR count). The Morgan fingerprint density at radius 3 is 2.63 bits per heavy atom. The lowest BCUT2D eigenvalue weighted by Gasteiger charge is -2.23. The average molecular weight is 266 g/mol.